The van der Waals surface area contributed by atoms with Gasteiger partial charge in [-0.25, -0.2) is 19.2 Å². The van der Waals surface area contributed by atoms with E-state index in [1.165, 1.54) is 42.0 Å². The van der Waals surface area contributed by atoms with Gasteiger partial charge in [0.1, 0.15) is 24.2 Å². The lowest BCUT2D eigenvalue weighted by molar-refractivity contribution is -0.176. The average Bonchev–Trinajstić information content (AvgIpc) is 3.28. The van der Waals surface area contributed by atoms with E-state index >= 15 is 0 Å². The molecule has 2 aromatic rings. The summed E-state index contributed by atoms with van der Waals surface area (Å²) >= 11 is 0. The molecule has 1 heterocycles. The van der Waals surface area contributed by atoms with Crippen molar-refractivity contribution in [1.82, 2.24) is 19.6 Å². The predicted octanol–water partition coefficient (Wildman–Crippen LogP) is 5.66. The lowest BCUT2D eigenvalue weighted by Gasteiger charge is -2.35. The number of benzene rings is 2. The number of hydrogen-bond donors (Lipinski definition) is 0. The number of hydrogen-bond acceptors (Lipinski definition) is 12. The number of likely N-dealkylation sites (N-methyl/N-ethyl adjacent to an activating group) is 4. The molecule has 8 atom stereocenters. The normalized spacial score (nSPS) is 25.2. The maximum Gasteiger partial charge on any atom is 0.329 e. The zero-order valence-corrected chi connectivity index (χ0v) is 42.6. The Balaban J connectivity index is 2.25. The van der Waals surface area contributed by atoms with Crippen LogP contribution in [0.15, 0.2) is 60.7 Å². The molecule has 4 amide bonds. The molecular formula is C52H76N4O12. The molecule has 0 bridgehead atoms. The quantitative estimate of drug-likeness (QED) is 0.188. The molecule has 1 saturated heterocycles. The van der Waals surface area contributed by atoms with E-state index in [0.717, 1.165) is 19.6 Å². The first-order chi connectivity index (χ1) is 31.8. The molecule has 1 aliphatic heterocycles. The van der Waals surface area contributed by atoms with Gasteiger partial charge in [-0.15, -0.1) is 0 Å². The van der Waals surface area contributed by atoms with E-state index in [1.807, 2.05) is 55.4 Å². The molecule has 3 rings (SSSR count). The summed E-state index contributed by atoms with van der Waals surface area (Å²) in [5, 5.41) is 0. The molecule has 0 saturated carbocycles. The second-order valence-electron chi connectivity index (χ2n) is 19.8. The van der Waals surface area contributed by atoms with Crippen LogP contribution in [0.5, 0.6) is 0 Å². The number of carbonyl (C=O) groups excluding carboxylic acids is 8. The number of rotatable bonds is 12. The summed E-state index contributed by atoms with van der Waals surface area (Å²) < 4.78 is 23.8. The Hall–Kier alpha value is -5.80. The molecule has 2 unspecified atom stereocenters. The minimum Gasteiger partial charge on any atom is -0.451 e. The monoisotopic (exact) mass is 949 g/mol. The topological polar surface area (TPSA) is 186 Å². The van der Waals surface area contributed by atoms with Crippen molar-refractivity contribution in [3.63, 3.8) is 0 Å². The molecule has 0 radical (unpaired) electrons. The minimum atomic E-state index is -1.47. The van der Waals surface area contributed by atoms with Crippen molar-refractivity contribution >= 4 is 47.5 Å². The van der Waals surface area contributed by atoms with Gasteiger partial charge in [-0.3, -0.25) is 19.2 Å². The highest BCUT2D eigenvalue weighted by Gasteiger charge is 2.43. The molecule has 376 valence electrons. The van der Waals surface area contributed by atoms with Crippen LogP contribution in [0.3, 0.4) is 0 Å². The third-order valence-corrected chi connectivity index (χ3v) is 12.0. The van der Waals surface area contributed by atoms with Crippen molar-refractivity contribution in [2.45, 2.75) is 156 Å². The Kier molecular flexibility index (Phi) is 21.7. The summed E-state index contributed by atoms with van der Waals surface area (Å²) in [6.07, 6.45) is -5.56. The number of amides is 4. The molecule has 68 heavy (non-hydrogen) atoms. The van der Waals surface area contributed by atoms with E-state index < -0.39 is 96.1 Å². The Morgan fingerprint density at radius 1 is 0.382 bits per heavy atom. The van der Waals surface area contributed by atoms with Crippen LogP contribution in [0.4, 0.5) is 0 Å². The Labute approximate surface area is 403 Å². The van der Waals surface area contributed by atoms with Crippen molar-refractivity contribution in [2.24, 2.45) is 23.7 Å². The third-order valence-electron chi connectivity index (χ3n) is 12.0. The fourth-order valence-corrected chi connectivity index (χ4v) is 8.14. The standard InChI is InChI=1S/C52H76N4O12/c1-31(2)25-39-49(61)65-35(9)45(57)53(11)42(28-34(7)8)52(64)68-44(30-38-23-19-16-20-24-38)48(60)56(14)40(26-32(3)4)50(62)66-36(10)46(58)54(12)41(27-33(5)6)51(63)67-43(47(59)55(39)13)29-37-21-17-15-18-22-37/h15-24,31-36,39-44H,25-30H2,1-14H3/t35-,36-,39?,40?,41+,42+,43-,44-/m1/s1. The number of esters is 4. The van der Waals surface area contributed by atoms with Gasteiger partial charge in [-0.05, 0) is 74.3 Å². The minimum absolute atomic E-state index is 0.0814. The first kappa shape index (κ1) is 56.5. The highest BCUT2D eigenvalue weighted by molar-refractivity contribution is 5.94. The molecule has 1 fully saturated rings. The maximum atomic E-state index is 14.6. The molecule has 0 N–H and O–H groups in total. The lowest BCUT2D eigenvalue weighted by Crippen LogP contribution is -2.55. The summed E-state index contributed by atoms with van der Waals surface area (Å²) in [5.74, 6) is -7.13. The molecule has 2 aromatic carbocycles. The molecule has 0 aromatic heterocycles. The second kappa shape index (κ2) is 26.1. The second-order valence-corrected chi connectivity index (χ2v) is 19.8. The summed E-state index contributed by atoms with van der Waals surface area (Å²) in [4.78, 5) is 119. The van der Waals surface area contributed by atoms with Gasteiger partial charge in [0.2, 0.25) is 0 Å². The lowest BCUT2D eigenvalue weighted by atomic mass is 10.00. The van der Waals surface area contributed by atoms with Crippen LogP contribution in [0.2, 0.25) is 0 Å². The van der Waals surface area contributed by atoms with Gasteiger partial charge in [0.05, 0.1) is 0 Å². The van der Waals surface area contributed by atoms with Crippen molar-refractivity contribution in [3.8, 4) is 0 Å². The number of nitrogens with zero attached hydrogens (tertiary/aromatic N) is 4. The molecule has 16 heteroatoms. The van der Waals surface area contributed by atoms with Gasteiger partial charge in [-0.2, -0.15) is 0 Å². The van der Waals surface area contributed by atoms with Crippen LogP contribution in [0, 0.1) is 23.7 Å². The van der Waals surface area contributed by atoms with Gasteiger partial charge in [0, 0.05) is 41.0 Å². The maximum absolute atomic E-state index is 14.6. The van der Waals surface area contributed by atoms with E-state index in [4.69, 9.17) is 18.9 Å². The van der Waals surface area contributed by atoms with Crippen LogP contribution in [0.25, 0.3) is 0 Å². The third kappa shape index (κ3) is 16.2. The van der Waals surface area contributed by atoms with Gasteiger partial charge in [-0.1, -0.05) is 116 Å². The van der Waals surface area contributed by atoms with Crippen molar-refractivity contribution in [3.05, 3.63) is 71.8 Å². The van der Waals surface area contributed by atoms with Gasteiger partial charge in [0.25, 0.3) is 23.6 Å². The van der Waals surface area contributed by atoms with E-state index in [0.29, 0.717) is 11.1 Å². The fraction of sp³-hybridized carbons (Fsp3) is 0.615. The largest absolute Gasteiger partial charge is 0.451 e. The van der Waals surface area contributed by atoms with E-state index in [9.17, 15) is 38.4 Å². The molecule has 16 nitrogen and oxygen atoms in total. The molecular weight excluding hydrogens is 873 g/mol. The van der Waals surface area contributed by atoms with E-state index in [2.05, 4.69) is 0 Å². The Bertz CT molecular complexity index is 1870. The van der Waals surface area contributed by atoms with Gasteiger partial charge in [0.15, 0.2) is 24.4 Å². The van der Waals surface area contributed by atoms with E-state index in [1.54, 1.807) is 60.7 Å². The van der Waals surface area contributed by atoms with Crippen LogP contribution in [0.1, 0.15) is 106 Å². The molecule has 0 aliphatic carbocycles. The Morgan fingerprint density at radius 2 is 0.618 bits per heavy atom. The summed E-state index contributed by atoms with van der Waals surface area (Å²) in [5.41, 5.74) is 1.30. The molecule has 0 spiro atoms. The zero-order chi connectivity index (χ0) is 51.2. The fourth-order valence-electron chi connectivity index (χ4n) is 8.14. The highest BCUT2D eigenvalue weighted by Crippen LogP contribution is 2.24. The summed E-state index contributed by atoms with van der Waals surface area (Å²) in [6, 6.07) is 12.7. The van der Waals surface area contributed by atoms with Crippen LogP contribution in [-0.4, -0.2) is 144 Å². The van der Waals surface area contributed by atoms with Crippen LogP contribution in [-0.2, 0) is 70.1 Å². The average molecular weight is 949 g/mol. The number of cyclic esters (lactones) is 4. The van der Waals surface area contributed by atoms with E-state index in [-0.39, 0.29) is 62.2 Å². The van der Waals surface area contributed by atoms with Crippen molar-refractivity contribution in [2.75, 3.05) is 28.2 Å². The van der Waals surface area contributed by atoms with Crippen molar-refractivity contribution in [1.29, 1.82) is 0 Å². The smallest absolute Gasteiger partial charge is 0.329 e. The van der Waals surface area contributed by atoms with Crippen LogP contribution < -0.4 is 0 Å². The van der Waals surface area contributed by atoms with Gasteiger partial charge < -0.3 is 38.5 Å². The number of carbonyl (C=O) groups is 8. The number of ether oxygens (including phenoxy) is 4. The summed E-state index contributed by atoms with van der Waals surface area (Å²) in [7, 11) is 5.56. The summed E-state index contributed by atoms with van der Waals surface area (Å²) in [6.45, 7) is 17.5. The first-order valence-corrected chi connectivity index (χ1v) is 23.8. The predicted molar refractivity (Wildman–Crippen MR) is 255 cm³/mol. The van der Waals surface area contributed by atoms with Crippen LogP contribution >= 0.6 is 0 Å². The Morgan fingerprint density at radius 3 is 0.868 bits per heavy atom. The first-order valence-electron chi connectivity index (χ1n) is 23.8. The van der Waals surface area contributed by atoms with Gasteiger partial charge >= 0.3 is 23.9 Å². The van der Waals surface area contributed by atoms with Crippen molar-refractivity contribution < 1.29 is 57.3 Å². The molecule has 1 aliphatic rings. The highest BCUT2D eigenvalue weighted by atomic mass is 16.6. The zero-order valence-electron chi connectivity index (χ0n) is 42.6. The SMILES string of the molecule is CC(C)CC1C(=O)O[C@H](C)C(=O)N(C)[C@@H](CC(C)C)C(=O)O[C@H](Cc2ccccc2)C(=O)N(C)C(CC(C)C)C(=O)O[C@H](C)C(=O)N(C)[C@@H](CC(C)C)C(=O)O[C@H](Cc2ccccc2)C(=O)N1C.